The number of anilines is 1. The molecule has 33 heavy (non-hydrogen) atoms. The van der Waals surface area contributed by atoms with Crippen molar-refractivity contribution < 1.29 is 47.5 Å². The van der Waals surface area contributed by atoms with Gasteiger partial charge in [-0.3, -0.25) is 4.79 Å². The van der Waals surface area contributed by atoms with E-state index in [4.69, 9.17) is 14.2 Å². The fourth-order valence-electron chi connectivity index (χ4n) is 4.93. The Balaban J connectivity index is 0.00000306. The summed E-state index contributed by atoms with van der Waals surface area (Å²) >= 11 is 0. The topological polar surface area (TPSA) is 56.8 Å². The first kappa shape index (κ1) is 25.6. The van der Waals surface area contributed by atoms with Gasteiger partial charge in [0.25, 0.3) is 0 Å². The fourth-order valence-corrected chi connectivity index (χ4v) is 4.93. The molecule has 180 valence electrons. The summed E-state index contributed by atoms with van der Waals surface area (Å²) in [5, 5.41) is 2.94. The van der Waals surface area contributed by atoms with Gasteiger partial charge in [0.15, 0.2) is 11.5 Å². The number of nitrogens with one attached hydrogen (secondary N) is 1. The van der Waals surface area contributed by atoms with E-state index in [2.05, 4.69) is 30.6 Å². The van der Waals surface area contributed by atoms with Crippen LogP contribution in [-0.4, -0.2) is 57.9 Å². The van der Waals surface area contributed by atoms with E-state index in [9.17, 15) is 4.79 Å². The first-order valence-electron chi connectivity index (χ1n) is 11.6. The van der Waals surface area contributed by atoms with Crippen molar-refractivity contribution in [2.75, 3.05) is 52.8 Å². The summed E-state index contributed by atoms with van der Waals surface area (Å²) in [5.41, 5.74) is 3.43. The van der Waals surface area contributed by atoms with Gasteiger partial charge in [0.2, 0.25) is 5.91 Å². The lowest BCUT2D eigenvalue weighted by molar-refractivity contribution is -0.914. The third kappa shape index (κ3) is 6.32. The number of quaternary nitrogens is 1. The Morgan fingerprint density at radius 3 is 2.48 bits per heavy atom. The summed E-state index contributed by atoms with van der Waals surface area (Å²) in [5.74, 6) is 3.09. The predicted molar refractivity (Wildman–Crippen MR) is 126 cm³/mol. The van der Waals surface area contributed by atoms with Crippen LogP contribution in [0.2, 0.25) is 0 Å². The first-order valence-corrected chi connectivity index (χ1v) is 11.6. The van der Waals surface area contributed by atoms with E-state index >= 15 is 0 Å². The molecule has 2 aliphatic rings. The van der Waals surface area contributed by atoms with E-state index in [1.807, 2.05) is 18.2 Å². The summed E-state index contributed by atoms with van der Waals surface area (Å²) in [6.45, 7) is 4.15. The largest absolute Gasteiger partial charge is 1.00 e. The number of methoxy groups -OCH3 is 2. The number of likely N-dealkylation sites (tertiary alicyclic amines) is 1. The SMILES string of the molecule is COc1ccc(C2CC[N+](C)(CCCOc3ccc4c(c3)NC(=O)CC4)CC2)cc1OC.[I-]. The van der Waals surface area contributed by atoms with Crippen molar-refractivity contribution in [3.8, 4) is 17.2 Å². The van der Waals surface area contributed by atoms with E-state index in [1.54, 1.807) is 14.2 Å². The minimum Gasteiger partial charge on any atom is -1.00 e. The maximum absolute atomic E-state index is 11.6. The average Bonchev–Trinajstić information content (AvgIpc) is 2.81. The van der Waals surface area contributed by atoms with Gasteiger partial charge in [0, 0.05) is 37.4 Å². The molecule has 1 saturated heterocycles. The second-order valence-corrected chi connectivity index (χ2v) is 9.25. The predicted octanol–water partition coefficient (Wildman–Crippen LogP) is 1.39. The standard InChI is InChI=1S/C26H34N2O4.HI/c1-28(13-4-16-32-22-8-5-20-7-10-26(29)27-23(20)18-22)14-11-19(12-15-28)21-6-9-24(30-2)25(17-21)31-3;/h5-6,8-9,17-19H,4,7,10-16H2,1-3H3;1H. The lowest BCUT2D eigenvalue weighted by Crippen LogP contribution is -3.00. The molecule has 4 rings (SSSR count). The number of hydrogen-bond donors (Lipinski definition) is 1. The van der Waals surface area contributed by atoms with Crippen LogP contribution in [-0.2, 0) is 11.2 Å². The Morgan fingerprint density at radius 2 is 1.76 bits per heavy atom. The van der Waals surface area contributed by atoms with Crippen LogP contribution in [0.1, 0.15) is 42.7 Å². The molecule has 0 saturated carbocycles. The van der Waals surface area contributed by atoms with Gasteiger partial charge < -0.3 is 48.0 Å². The van der Waals surface area contributed by atoms with E-state index in [0.717, 1.165) is 46.8 Å². The average molecular weight is 566 g/mol. The molecule has 6 nitrogen and oxygen atoms in total. The van der Waals surface area contributed by atoms with Crippen molar-refractivity contribution in [1.29, 1.82) is 0 Å². The second kappa shape index (κ2) is 11.4. The van der Waals surface area contributed by atoms with Gasteiger partial charge in [0.1, 0.15) is 5.75 Å². The Kier molecular flexibility index (Phi) is 8.87. The molecule has 7 heteroatoms. The number of halogens is 1. The third-order valence-corrected chi connectivity index (χ3v) is 7.00. The third-order valence-electron chi connectivity index (χ3n) is 7.00. The molecule has 1 fully saturated rings. The molecule has 1 N–H and O–H groups in total. The lowest BCUT2D eigenvalue weighted by Gasteiger charge is -2.41. The molecular formula is C26H35IN2O4. The van der Waals surface area contributed by atoms with Crippen LogP contribution >= 0.6 is 0 Å². The number of carbonyl (C=O) groups is 1. The summed E-state index contributed by atoms with van der Waals surface area (Å²) in [6.07, 6.45) is 4.74. The minimum atomic E-state index is 0. The Bertz CT molecular complexity index is 957. The molecule has 0 aliphatic carbocycles. The van der Waals surface area contributed by atoms with Crippen LogP contribution in [0.3, 0.4) is 0 Å². The van der Waals surface area contributed by atoms with Gasteiger partial charge in [-0.1, -0.05) is 12.1 Å². The number of benzene rings is 2. The molecule has 2 aliphatic heterocycles. The highest BCUT2D eigenvalue weighted by Crippen LogP contribution is 2.36. The second-order valence-electron chi connectivity index (χ2n) is 9.25. The summed E-state index contributed by atoms with van der Waals surface area (Å²) in [7, 11) is 5.73. The van der Waals surface area contributed by atoms with Gasteiger partial charge in [-0.15, -0.1) is 0 Å². The van der Waals surface area contributed by atoms with Gasteiger partial charge in [-0.25, -0.2) is 0 Å². The van der Waals surface area contributed by atoms with Crippen LogP contribution in [0, 0.1) is 0 Å². The quantitative estimate of drug-likeness (QED) is 0.298. The lowest BCUT2D eigenvalue weighted by atomic mass is 9.88. The zero-order valence-electron chi connectivity index (χ0n) is 19.9. The molecular weight excluding hydrogens is 531 g/mol. The highest BCUT2D eigenvalue weighted by atomic mass is 127. The molecule has 0 aromatic heterocycles. The van der Waals surface area contributed by atoms with E-state index < -0.39 is 0 Å². The van der Waals surface area contributed by atoms with Crippen molar-refractivity contribution in [2.45, 2.75) is 38.0 Å². The first-order chi connectivity index (χ1) is 15.5. The van der Waals surface area contributed by atoms with Crippen LogP contribution in [0.25, 0.3) is 0 Å². The van der Waals surface area contributed by atoms with Crippen LogP contribution in [0.5, 0.6) is 17.2 Å². The number of ether oxygens (including phenoxy) is 3. The highest BCUT2D eigenvalue weighted by Gasteiger charge is 2.30. The van der Waals surface area contributed by atoms with Gasteiger partial charge in [0.05, 0.1) is 47.5 Å². The minimum absolute atomic E-state index is 0. The van der Waals surface area contributed by atoms with Crippen molar-refractivity contribution in [2.24, 2.45) is 0 Å². The van der Waals surface area contributed by atoms with Crippen molar-refractivity contribution in [3.63, 3.8) is 0 Å². The Labute approximate surface area is 214 Å². The molecule has 2 heterocycles. The maximum Gasteiger partial charge on any atom is 0.224 e. The van der Waals surface area contributed by atoms with E-state index in [0.29, 0.717) is 18.9 Å². The Hall–Kier alpha value is -2.00. The number of hydrogen-bond acceptors (Lipinski definition) is 4. The molecule has 0 spiro atoms. The van der Waals surface area contributed by atoms with Crippen LogP contribution in [0.15, 0.2) is 36.4 Å². The van der Waals surface area contributed by atoms with Crippen LogP contribution < -0.4 is 43.5 Å². The molecule has 2 aromatic rings. The number of carbonyl (C=O) groups excluding carboxylic acids is 1. The molecule has 0 radical (unpaired) electrons. The molecule has 1 amide bonds. The maximum atomic E-state index is 11.6. The highest BCUT2D eigenvalue weighted by molar-refractivity contribution is 5.94. The number of nitrogens with zero attached hydrogens (tertiary/aromatic N) is 1. The smallest absolute Gasteiger partial charge is 0.224 e. The number of piperidine rings is 1. The number of fused-ring (bicyclic) bond motifs is 1. The van der Waals surface area contributed by atoms with Crippen molar-refractivity contribution >= 4 is 11.6 Å². The summed E-state index contributed by atoms with van der Waals surface area (Å²) in [4.78, 5) is 11.6. The van der Waals surface area contributed by atoms with Gasteiger partial charge in [-0.2, -0.15) is 0 Å². The van der Waals surface area contributed by atoms with Crippen molar-refractivity contribution in [3.05, 3.63) is 47.5 Å². The molecule has 0 unspecified atom stereocenters. The number of rotatable bonds is 8. The number of aryl methyl sites for hydroxylation is 1. The van der Waals surface area contributed by atoms with E-state index in [-0.39, 0.29) is 29.9 Å². The molecule has 0 atom stereocenters. The summed E-state index contributed by atoms with van der Waals surface area (Å²) in [6, 6.07) is 12.4. The monoisotopic (exact) mass is 566 g/mol. The zero-order chi connectivity index (χ0) is 22.6. The Morgan fingerprint density at radius 1 is 1.00 bits per heavy atom. The number of amides is 1. The van der Waals surface area contributed by atoms with Gasteiger partial charge >= 0.3 is 0 Å². The summed E-state index contributed by atoms with van der Waals surface area (Å²) < 4.78 is 17.9. The van der Waals surface area contributed by atoms with Gasteiger partial charge in [-0.05, 0) is 41.7 Å². The zero-order valence-corrected chi connectivity index (χ0v) is 22.0. The van der Waals surface area contributed by atoms with E-state index in [1.165, 1.54) is 37.1 Å². The normalized spacial score (nSPS) is 21.9. The van der Waals surface area contributed by atoms with Crippen molar-refractivity contribution in [1.82, 2.24) is 0 Å². The fraction of sp³-hybridized carbons (Fsp3) is 0.500. The molecule has 0 bridgehead atoms. The van der Waals surface area contributed by atoms with Crippen LogP contribution in [0.4, 0.5) is 5.69 Å². The molecule has 2 aromatic carbocycles.